The van der Waals surface area contributed by atoms with Gasteiger partial charge in [-0.15, -0.1) is 11.3 Å². The Bertz CT molecular complexity index is 977. The number of nitrogens with zero attached hydrogens (tertiary/aromatic N) is 2. The number of para-hydroxylation sites is 1. The molecular formula is C21H20N4O3S. The van der Waals surface area contributed by atoms with Crippen molar-refractivity contribution in [3.63, 3.8) is 0 Å². The van der Waals surface area contributed by atoms with Gasteiger partial charge in [-0.05, 0) is 11.6 Å². The first kappa shape index (κ1) is 18.9. The van der Waals surface area contributed by atoms with E-state index in [0.717, 1.165) is 22.6 Å². The number of amides is 2. The van der Waals surface area contributed by atoms with Gasteiger partial charge in [0.2, 0.25) is 0 Å². The van der Waals surface area contributed by atoms with Crippen LogP contribution in [0.15, 0.2) is 71.3 Å². The average molecular weight is 408 g/mol. The molecule has 1 unspecified atom stereocenters. The number of oxime groups is 1. The highest BCUT2D eigenvalue weighted by atomic mass is 32.1. The van der Waals surface area contributed by atoms with Gasteiger partial charge in [0, 0.05) is 23.6 Å². The molecule has 0 fully saturated rings. The van der Waals surface area contributed by atoms with E-state index in [-0.39, 0.29) is 12.1 Å². The maximum atomic E-state index is 11.9. The second-order valence-corrected chi connectivity index (χ2v) is 7.30. The monoisotopic (exact) mass is 408 g/mol. The van der Waals surface area contributed by atoms with Gasteiger partial charge in [0.05, 0.1) is 12.3 Å². The Balaban J connectivity index is 1.25. The molecule has 2 heterocycles. The summed E-state index contributed by atoms with van der Waals surface area (Å²) in [4.78, 5) is 21.3. The van der Waals surface area contributed by atoms with Crippen LogP contribution in [0.4, 0.5) is 9.93 Å². The van der Waals surface area contributed by atoms with Crippen molar-refractivity contribution in [1.82, 2.24) is 10.3 Å². The Morgan fingerprint density at radius 3 is 2.83 bits per heavy atom. The minimum absolute atomic E-state index is 0.183. The third kappa shape index (κ3) is 5.11. The van der Waals surface area contributed by atoms with Gasteiger partial charge < -0.3 is 14.9 Å². The van der Waals surface area contributed by atoms with Crippen LogP contribution in [-0.4, -0.2) is 36.0 Å². The van der Waals surface area contributed by atoms with Crippen molar-refractivity contribution in [2.24, 2.45) is 5.16 Å². The van der Waals surface area contributed by atoms with Crippen molar-refractivity contribution in [1.29, 1.82) is 0 Å². The second kappa shape index (κ2) is 9.20. The summed E-state index contributed by atoms with van der Waals surface area (Å²) in [5, 5.41) is 11.8. The molecule has 2 amide bonds. The molecule has 4 rings (SSSR count). The van der Waals surface area contributed by atoms with Crippen LogP contribution in [0, 0.1) is 0 Å². The molecule has 8 heteroatoms. The number of rotatable bonds is 7. The third-order valence-corrected chi connectivity index (χ3v) is 4.99. The lowest BCUT2D eigenvalue weighted by atomic mass is 10.0. The summed E-state index contributed by atoms with van der Waals surface area (Å²) in [6.45, 7) is 0.691. The zero-order chi connectivity index (χ0) is 19.9. The third-order valence-electron chi connectivity index (χ3n) is 4.30. The number of anilines is 1. The van der Waals surface area contributed by atoms with E-state index in [1.807, 2.05) is 42.5 Å². The maximum Gasteiger partial charge on any atom is 0.321 e. The van der Waals surface area contributed by atoms with Crippen LogP contribution >= 0.6 is 11.3 Å². The van der Waals surface area contributed by atoms with Gasteiger partial charge in [-0.1, -0.05) is 53.7 Å². The molecule has 1 aliphatic rings. The van der Waals surface area contributed by atoms with E-state index < -0.39 is 0 Å². The average Bonchev–Trinajstić information content (AvgIpc) is 3.44. The molecule has 0 spiro atoms. The summed E-state index contributed by atoms with van der Waals surface area (Å²) in [6.07, 6.45) is 2.05. The second-order valence-electron chi connectivity index (χ2n) is 6.41. The predicted octanol–water partition coefficient (Wildman–Crippen LogP) is 4.16. The number of hydrogen-bond acceptors (Lipinski definition) is 6. The van der Waals surface area contributed by atoms with Gasteiger partial charge >= 0.3 is 6.03 Å². The van der Waals surface area contributed by atoms with Crippen LogP contribution < -0.4 is 15.4 Å². The summed E-state index contributed by atoms with van der Waals surface area (Å²) in [6, 6.07) is 17.7. The molecular weight excluding hydrogens is 388 g/mol. The van der Waals surface area contributed by atoms with Crippen LogP contribution in [0.2, 0.25) is 0 Å². The normalized spacial score (nSPS) is 15.3. The number of benzene rings is 2. The van der Waals surface area contributed by atoms with Crippen LogP contribution in [-0.2, 0) is 4.84 Å². The smallest absolute Gasteiger partial charge is 0.321 e. The molecule has 0 bridgehead atoms. The SMILES string of the molecule is O=C(NCC1=NOC(COc2ccccc2-c2ccccc2)C1)Nc1nccs1. The van der Waals surface area contributed by atoms with E-state index in [9.17, 15) is 4.79 Å². The molecule has 0 saturated heterocycles. The minimum Gasteiger partial charge on any atom is -0.489 e. The molecule has 0 aliphatic carbocycles. The van der Waals surface area contributed by atoms with Gasteiger partial charge in [-0.2, -0.15) is 0 Å². The van der Waals surface area contributed by atoms with Gasteiger partial charge in [-0.3, -0.25) is 5.32 Å². The first-order valence-corrected chi connectivity index (χ1v) is 10.1. The standard InChI is InChI=1S/C21H20N4O3S/c26-20(24-21-22-10-11-29-21)23-13-16-12-17(28-25-16)14-27-19-9-5-4-8-18(19)15-6-2-1-3-7-15/h1-11,17H,12-14H2,(H2,22,23,24,26). The molecule has 1 aromatic heterocycles. The Morgan fingerprint density at radius 2 is 2.00 bits per heavy atom. The Kier molecular flexibility index (Phi) is 6.01. The number of nitrogens with one attached hydrogen (secondary N) is 2. The first-order valence-electron chi connectivity index (χ1n) is 9.21. The van der Waals surface area contributed by atoms with E-state index in [0.29, 0.717) is 24.7 Å². The number of carbonyl (C=O) groups excluding carboxylic acids is 1. The summed E-state index contributed by atoms with van der Waals surface area (Å²) >= 11 is 1.36. The fourth-order valence-corrected chi connectivity index (χ4v) is 3.44. The maximum absolute atomic E-state index is 11.9. The lowest BCUT2D eigenvalue weighted by Gasteiger charge is -2.14. The minimum atomic E-state index is -0.320. The molecule has 1 aliphatic heterocycles. The van der Waals surface area contributed by atoms with E-state index in [1.165, 1.54) is 11.3 Å². The predicted molar refractivity (Wildman–Crippen MR) is 113 cm³/mol. The lowest BCUT2D eigenvalue weighted by molar-refractivity contribution is 0.0472. The molecule has 7 nitrogen and oxygen atoms in total. The van der Waals surface area contributed by atoms with Crippen LogP contribution in [0.25, 0.3) is 11.1 Å². The van der Waals surface area contributed by atoms with Gasteiger partial charge in [0.1, 0.15) is 12.4 Å². The number of aromatic nitrogens is 1. The summed E-state index contributed by atoms with van der Waals surface area (Å²) in [5.74, 6) is 0.803. The molecule has 0 radical (unpaired) electrons. The Hall–Kier alpha value is -3.39. The Morgan fingerprint density at radius 1 is 1.17 bits per heavy atom. The number of ether oxygens (including phenoxy) is 1. The largest absolute Gasteiger partial charge is 0.489 e. The number of carbonyl (C=O) groups is 1. The van der Waals surface area contributed by atoms with E-state index >= 15 is 0 Å². The molecule has 1 atom stereocenters. The van der Waals surface area contributed by atoms with Crippen molar-refractivity contribution in [2.45, 2.75) is 12.5 Å². The van der Waals surface area contributed by atoms with E-state index in [1.54, 1.807) is 11.6 Å². The van der Waals surface area contributed by atoms with Crippen molar-refractivity contribution in [3.05, 3.63) is 66.2 Å². The summed E-state index contributed by atoms with van der Waals surface area (Å²) < 4.78 is 6.01. The number of hydrogen-bond donors (Lipinski definition) is 2. The lowest BCUT2D eigenvalue weighted by Crippen LogP contribution is -2.33. The topological polar surface area (TPSA) is 84.8 Å². The summed E-state index contributed by atoms with van der Waals surface area (Å²) in [5.41, 5.74) is 2.90. The fraction of sp³-hybridized carbons (Fsp3) is 0.190. The zero-order valence-electron chi connectivity index (χ0n) is 15.6. The number of urea groups is 1. The van der Waals surface area contributed by atoms with Crippen molar-refractivity contribution in [2.75, 3.05) is 18.5 Å². The van der Waals surface area contributed by atoms with Crippen LogP contribution in [0.3, 0.4) is 0 Å². The van der Waals surface area contributed by atoms with Crippen molar-refractivity contribution < 1.29 is 14.4 Å². The number of thiazole rings is 1. The van der Waals surface area contributed by atoms with Gasteiger partial charge in [0.25, 0.3) is 0 Å². The highest BCUT2D eigenvalue weighted by Crippen LogP contribution is 2.30. The Labute approximate surface area is 172 Å². The molecule has 29 heavy (non-hydrogen) atoms. The van der Waals surface area contributed by atoms with E-state index in [2.05, 4.69) is 32.9 Å². The molecule has 148 valence electrons. The van der Waals surface area contributed by atoms with Crippen LogP contribution in [0.5, 0.6) is 5.75 Å². The molecule has 3 aromatic rings. The van der Waals surface area contributed by atoms with Crippen molar-refractivity contribution >= 4 is 28.2 Å². The quantitative estimate of drug-likeness (QED) is 0.615. The summed E-state index contributed by atoms with van der Waals surface area (Å²) in [7, 11) is 0. The zero-order valence-corrected chi connectivity index (χ0v) is 16.4. The van der Waals surface area contributed by atoms with Gasteiger partial charge in [-0.25, -0.2) is 9.78 Å². The first-order chi connectivity index (χ1) is 14.3. The molecule has 0 saturated carbocycles. The van der Waals surface area contributed by atoms with Crippen LogP contribution in [0.1, 0.15) is 6.42 Å². The van der Waals surface area contributed by atoms with Gasteiger partial charge in [0.15, 0.2) is 11.2 Å². The fourth-order valence-electron chi connectivity index (χ4n) is 2.92. The van der Waals surface area contributed by atoms with Crippen molar-refractivity contribution in [3.8, 4) is 16.9 Å². The highest BCUT2D eigenvalue weighted by Gasteiger charge is 2.22. The molecule has 2 aromatic carbocycles. The highest BCUT2D eigenvalue weighted by molar-refractivity contribution is 7.13. The molecule has 2 N–H and O–H groups in total. The van der Waals surface area contributed by atoms with E-state index in [4.69, 9.17) is 9.57 Å².